The van der Waals surface area contributed by atoms with Crippen LogP contribution in [0.4, 0.5) is 0 Å². The second-order valence-corrected chi connectivity index (χ2v) is 12.3. The van der Waals surface area contributed by atoms with Crippen LogP contribution in [0, 0.1) is 11.3 Å². The Morgan fingerprint density at radius 3 is 2.51 bits per heavy atom. The number of nitriles is 1. The average Bonchev–Trinajstić information content (AvgIpc) is 3.64. The minimum absolute atomic E-state index is 0.0128. The van der Waals surface area contributed by atoms with Gasteiger partial charge in [-0.3, -0.25) is 9.59 Å². The summed E-state index contributed by atoms with van der Waals surface area (Å²) in [7, 11) is -2.17. The van der Waals surface area contributed by atoms with Gasteiger partial charge in [0.15, 0.2) is 0 Å². The van der Waals surface area contributed by atoms with Gasteiger partial charge in [-0.15, -0.1) is 5.10 Å². The lowest BCUT2D eigenvalue weighted by atomic mass is 10.1. The van der Waals surface area contributed by atoms with E-state index in [1.807, 2.05) is 6.07 Å². The third-order valence-corrected chi connectivity index (χ3v) is 8.61. The van der Waals surface area contributed by atoms with Crippen LogP contribution in [-0.4, -0.2) is 46.0 Å². The maximum atomic E-state index is 13.1. The fraction of sp³-hybridized carbons (Fsp3) is 0.400. The molecule has 1 fully saturated rings. The van der Waals surface area contributed by atoms with Crippen molar-refractivity contribution in [1.29, 1.82) is 5.26 Å². The fourth-order valence-electron chi connectivity index (χ4n) is 3.89. The van der Waals surface area contributed by atoms with Crippen LogP contribution in [0.5, 0.6) is 5.88 Å². The van der Waals surface area contributed by atoms with Gasteiger partial charge in [0.25, 0.3) is 17.3 Å². The minimum atomic E-state index is -3.66. The second-order valence-electron chi connectivity index (χ2n) is 10.2. The fourth-order valence-corrected chi connectivity index (χ4v) is 5.77. The standard InChI is InChI=1S/C25H28N6O5S/c1-24(2,3)30-37(34,35)25(9-10-25)15-36-22-20-18(14-28-29-22)11-19(23(33)31(20)4)21(32)27-13-17-7-5-16(12-26)6-8-17/h5-8,11,14,30H,9-10,13,15H2,1-4H3,(H,27,32). The molecule has 1 aliphatic carbocycles. The Morgan fingerprint density at radius 1 is 1.24 bits per heavy atom. The highest BCUT2D eigenvalue weighted by Crippen LogP contribution is 2.44. The van der Waals surface area contributed by atoms with Crippen molar-refractivity contribution in [2.75, 3.05) is 6.61 Å². The number of carbonyl (C=O) groups excluding carboxylic acids is 1. The first kappa shape index (κ1) is 26.2. The van der Waals surface area contributed by atoms with Crippen molar-refractivity contribution >= 4 is 26.8 Å². The number of nitrogens with zero attached hydrogens (tertiary/aromatic N) is 4. The number of amides is 1. The van der Waals surface area contributed by atoms with Gasteiger partial charge in [0.1, 0.15) is 22.4 Å². The van der Waals surface area contributed by atoms with Gasteiger partial charge in [-0.1, -0.05) is 12.1 Å². The summed E-state index contributed by atoms with van der Waals surface area (Å²) in [6, 6.07) is 10.2. The Bertz CT molecular complexity index is 1560. The minimum Gasteiger partial charge on any atom is -0.473 e. The molecule has 0 bridgehead atoms. The zero-order valence-electron chi connectivity index (χ0n) is 21.0. The van der Waals surface area contributed by atoms with Gasteiger partial charge >= 0.3 is 0 Å². The van der Waals surface area contributed by atoms with Crippen molar-refractivity contribution in [1.82, 2.24) is 24.8 Å². The number of rotatable bonds is 8. The zero-order valence-corrected chi connectivity index (χ0v) is 21.8. The van der Waals surface area contributed by atoms with Crippen LogP contribution in [-0.2, 0) is 23.6 Å². The highest BCUT2D eigenvalue weighted by Gasteiger charge is 2.56. The number of aromatic nitrogens is 3. The lowest BCUT2D eigenvalue weighted by molar-refractivity contribution is 0.0949. The smallest absolute Gasteiger partial charge is 0.263 e. The van der Waals surface area contributed by atoms with Gasteiger partial charge < -0.3 is 14.6 Å². The number of aryl methyl sites for hydroxylation is 1. The van der Waals surface area contributed by atoms with E-state index in [-0.39, 0.29) is 24.6 Å². The summed E-state index contributed by atoms with van der Waals surface area (Å²) in [5.74, 6) is -0.554. The quantitative estimate of drug-likeness (QED) is 0.451. The Balaban J connectivity index is 1.55. The third kappa shape index (κ3) is 5.47. The number of hydrogen-bond donors (Lipinski definition) is 2. The molecule has 0 aliphatic heterocycles. The van der Waals surface area contributed by atoms with Gasteiger partial charge in [0.2, 0.25) is 10.0 Å². The molecular weight excluding hydrogens is 496 g/mol. The first-order chi connectivity index (χ1) is 17.4. The van der Waals surface area contributed by atoms with E-state index in [0.29, 0.717) is 29.3 Å². The van der Waals surface area contributed by atoms with E-state index in [4.69, 9.17) is 10.00 Å². The molecule has 0 spiro atoms. The number of carbonyl (C=O) groups is 1. The van der Waals surface area contributed by atoms with Crippen LogP contribution in [0.1, 0.15) is 55.1 Å². The molecule has 1 amide bonds. The van der Waals surface area contributed by atoms with Crippen LogP contribution < -0.4 is 20.3 Å². The topological polar surface area (TPSA) is 156 Å². The molecule has 12 heteroatoms. The molecule has 2 N–H and O–H groups in total. The van der Waals surface area contributed by atoms with E-state index in [2.05, 4.69) is 20.2 Å². The van der Waals surface area contributed by atoms with Crippen LogP contribution >= 0.6 is 0 Å². The molecule has 194 valence electrons. The van der Waals surface area contributed by atoms with E-state index in [0.717, 1.165) is 5.56 Å². The van der Waals surface area contributed by atoms with Gasteiger partial charge in [0, 0.05) is 24.5 Å². The van der Waals surface area contributed by atoms with Crippen molar-refractivity contribution < 1.29 is 17.9 Å². The van der Waals surface area contributed by atoms with Crippen molar-refractivity contribution in [3.63, 3.8) is 0 Å². The van der Waals surface area contributed by atoms with Crippen LogP contribution in [0.2, 0.25) is 0 Å². The molecule has 0 saturated heterocycles. The molecule has 1 saturated carbocycles. The number of pyridine rings is 1. The average molecular weight is 525 g/mol. The van der Waals surface area contributed by atoms with E-state index < -0.39 is 31.8 Å². The summed E-state index contributed by atoms with van der Waals surface area (Å²) < 4.78 is 34.5. The molecule has 2 heterocycles. The van der Waals surface area contributed by atoms with Gasteiger partial charge in [0.05, 0.1) is 17.8 Å². The SMILES string of the molecule is Cn1c(=O)c(C(=O)NCc2ccc(C#N)cc2)cc2cnnc(OCC3(S(=O)(=O)NC(C)(C)C)CC3)c21. The second kappa shape index (κ2) is 9.57. The summed E-state index contributed by atoms with van der Waals surface area (Å²) in [5.41, 5.74) is 0.309. The predicted molar refractivity (Wildman–Crippen MR) is 136 cm³/mol. The predicted octanol–water partition coefficient (Wildman–Crippen LogP) is 1.76. The summed E-state index contributed by atoms with van der Waals surface area (Å²) in [6.45, 7) is 5.34. The number of benzene rings is 1. The van der Waals surface area contributed by atoms with E-state index in [9.17, 15) is 18.0 Å². The summed E-state index contributed by atoms with van der Waals surface area (Å²) in [5, 5.41) is 20.0. The third-order valence-electron chi connectivity index (χ3n) is 6.06. The molecule has 0 unspecified atom stereocenters. The number of ether oxygens (including phenoxy) is 1. The largest absolute Gasteiger partial charge is 0.473 e. The highest BCUT2D eigenvalue weighted by atomic mass is 32.2. The van der Waals surface area contributed by atoms with Gasteiger partial charge in [-0.05, 0) is 57.4 Å². The van der Waals surface area contributed by atoms with Crippen LogP contribution in [0.3, 0.4) is 0 Å². The molecule has 4 rings (SSSR count). The van der Waals surface area contributed by atoms with E-state index in [1.54, 1.807) is 45.0 Å². The number of nitrogens with one attached hydrogen (secondary N) is 2. The summed E-state index contributed by atoms with van der Waals surface area (Å²) in [4.78, 5) is 25.9. The number of fused-ring (bicyclic) bond motifs is 1. The summed E-state index contributed by atoms with van der Waals surface area (Å²) >= 11 is 0. The van der Waals surface area contributed by atoms with E-state index in [1.165, 1.54) is 23.9 Å². The summed E-state index contributed by atoms with van der Waals surface area (Å²) in [6.07, 6.45) is 2.29. The molecule has 0 radical (unpaired) electrons. The van der Waals surface area contributed by atoms with Gasteiger partial charge in [-0.2, -0.15) is 10.4 Å². The van der Waals surface area contributed by atoms with Crippen molar-refractivity contribution in [3.8, 4) is 11.9 Å². The molecule has 3 aromatic rings. The van der Waals surface area contributed by atoms with E-state index >= 15 is 0 Å². The molecule has 0 atom stereocenters. The maximum Gasteiger partial charge on any atom is 0.263 e. The monoisotopic (exact) mass is 524 g/mol. The maximum absolute atomic E-state index is 13.1. The molecule has 2 aromatic heterocycles. The number of sulfonamides is 1. The number of hydrogen-bond acceptors (Lipinski definition) is 8. The van der Waals surface area contributed by atoms with Crippen LogP contribution in [0.25, 0.3) is 10.9 Å². The Hall–Kier alpha value is -3.82. The first-order valence-electron chi connectivity index (χ1n) is 11.6. The van der Waals surface area contributed by atoms with Crippen molar-refractivity contribution in [2.45, 2.75) is 50.4 Å². The normalized spacial score (nSPS) is 14.7. The van der Waals surface area contributed by atoms with Crippen molar-refractivity contribution in [2.24, 2.45) is 7.05 Å². The molecule has 1 aliphatic rings. The zero-order chi connectivity index (χ0) is 27.0. The Labute approximate surface area is 214 Å². The lowest BCUT2D eigenvalue weighted by Crippen LogP contribution is -2.48. The van der Waals surface area contributed by atoms with Crippen LogP contribution in [0.15, 0.2) is 41.3 Å². The molecule has 11 nitrogen and oxygen atoms in total. The lowest BCUT2D eigenvalue weighted by Gasteiger charge is -2.25. The van der Waals surface area contributed by atoms with Gasteiger partial charge in [-0.25, -0.2) is 13.1 Å². The first-order valence-corrected chi connectivity index (χ1v) is 13.1. The molecular formula is C25H28N6O5S. The Kier molecular flexibility index (Phi) is 6.79. The highest BCUT2D eigenvalue weighted by molar-refractivity contribution is 7.91. The Morgan fingerprint density at radius 2 is 1.92 bits per heavy atom. The molecule has 1 aromatic carbocycles. The van der Waals surface area contributed by atoms with Crippen molar-refractivity contribution in [3.05, 3.63) is 63.6 Å². The molecule has 37 heavy (non-hydrogen) atoms.